The van der Waals surface area contributed by atoms with Gasteiger partial charge in [0, 0.05) is 24.5 Å². The van der Waals surface area contributed by atoms with Gasteiger partial charge in [-0.05, 0) is 57.0 Å². The third kappa shape index (κ3) is 3.85. The van der Waals surface area contributed by atoms with E-state index in [1.807, 2.05) is 25.1 Å². The Morgan fingerprint density at radius 2 is 1.78 bits per heavy atom. The molecule has 0 spiro atoms. The van der Waals surface area contributed by atoms with Crippen molar-refractivity contribution < 1.29 is 9.53 Å². The van der Waals surface area contributed by atoms with E-state index in [9.17, 15) is 4.79 Å². The number of carbonyl (C=O) groups is 1. The van der Waals surface area contributed by atoms with Gasteiger partial charge in [-0.2, -0.15) is 0 Å². The summed E-state index contributed by atoms with van der Waals surface area (Å²) < 4.78 is 7.66. The molecule has 6 heteroatoms. The molecule has 1 N–H and O–H groups in total. The zero-order chi connectivity index (χ0) is 22.7. The molecule has 0 radical (unpaired) electrons. The lowest BCUT2D eigenvalue weighted by atomic mass is 9.93. The van der Waals surface area contributed by atoms with Crippen molar-refractivity contribution in [2.45, 2.75) is 46.6 Å². The number of nitrogens with zero attached hydrogens (tertiary/aromatic N) is 3. The summed E-state index contributed by atoms with van der Waals surface area (Å²) in [4.78, 5) is 20.4. The molecule has 32 heavy (non-hydrogen) atoms. The predicted molar refractivity (Wildman–Crippen MR) is 130 cm³/mol. The van der Waals surface area contributed by atoms with E-state index in [1.165, 1.54) is 5.69 Å². The highest BCUT2D eigenvalue weighted by Gasteiger charge is 2.35. The average Bonchev–Trinajstić information content (AvgIpc) is 3.18. The standard InChI is InChI=1S/C26H32N4O2/c1-5-11-21-23(25(31)32-8-4)24(18-14-16-19(17-15-18)29(6-2)7-3)30-22-13-10-9-12-20(22)27-26(30)28-21/h9-10,12-17,24H,5-8,11H2,1-4H3,(H,27,28)/t24-/m0/s1. The first-order chi connectivity index (χ1) is 15.6. The number of anilines is 2. The molecule has 0 amide bonds. The number of ether oxygens (including phenoxy) is 1. The Hall–Kier alpha value is -3.28. The van der Waals surface area contributed by atoms with Crippen LogP contribution in [0.5, 0.6) is 0 Å². The molecule has 1 aromatic heterocycles. The molecule has 1 aliphatic heterocycles. The number of carbonyl (C=O) groups excluding carboxylic acids is 1. The second-order valence-electron chi connectivity index (χ2n) is 7.95. The summed E-state index contributed by atoms with van der Waals surface area (Å²) in [6.45, 7) is 10.5. The molecule has 0 saturated carbocycles. The van der Waals surface area contributed by atoms with Gasteiger partial charge in [0.1, 0.15) is 0 Å². The monoisotopic (exact) mass is 432 g/mol. The maximum atomic E-state index is 13.2. The van der Waals surface area contributed by atoms with Crippen LogP contribution >= 0.6 is 0 Å². The third-order valence-corrected chi connectivity index (χ3v) is 6.05. The highest BCUT2D eigenvalue weighted by molar-refractivity contribution is 5.94. The van der Waals surface area contributed by atoms with Gasteiger partial charge >= 0.3 is 5.97 Å². The highest BCUT2D eigenvalue weighted by atomic mass is 16.5. The van der Waals surface area contributed by atoms with Crippen LogP contribution in [0.2, 0.25) is 0 Å². The van der Waals surface area contributed by atoms with Crippen LogP contribution in [0.1, 0.15) is 52.1 Å². The summed E-state index contributed by atoms with van der Waals surface area (Å²) in [6, 6.07) is 16.3. The van der Waals surface area contributed by atoms with Gasteiger partial charge in [-0.15, -0.1) is 0 Å². The SMILES string of the molecule is CCCC1=C(C(=O)OCC)[C@H](c2ccc(N(CC)CC)cc2)n2c(nc3ccccc32)N1. The summed E-state index contributed by atoms with van der Waals surface area (Å²) in [5.41, 5.74) is 5.68. The Morgan fingerprint density at radius 1 is 1.06 bits per heavy atom. The Kier molecular flexibility index (Phi) is 6.49. The Balaban J connectivity index is 1.91. The van der Waals surface area contributed by atoms with Gasteiger partial charge in [0.05, 0.1) is 29.3 Å². The molecule has 0 aliphatic carbocycles. The molecule has 4 rings (SSSR count). The average molecular weight is 433 g/mol. The van der Waals surface area contributed by atoms with Crippen LogP contribution in [-0.4, -0.2) is 35.2 Å². The fourth-order valence-corrected chi connectivity index (χ4v) is 4.55. The molecule has 1 atom stereocenters. The fraction of sp³-hybridized carbons (Fsp3) is 0.385. The molecular formula is C26H32N4O2. The van der Waals surface area contributed by atoms with Crippen molar-refractivity contribution in [2.24, 2.45) is 0 Å². The number of fused-ring (bicyclic) bond motifs is 3. The van der Waals surface area contributed by atoms with Crippen LogP contribution in [0.4, 0.5) is 11.6 Å². The van der Waals surface area contributed by atoms with Crippen molar-refractivity contribution in [1.29, 1.82) is 0 Å². The van der Waals surface area contributed by atoms with Crippen LogP contribution in [0.15, 0.2) is 59.8 Å². The van der Waals surface area contributed by atoms with Crippen LogP contribution in [0.3, 0.4) is 0 Å². The first kappa shape index (κ1) is 21.9. The molecule has 1 aliphatic rings. The molecule has 0 unspecified atom stereocenters. The summed E-state index contributed by atoms with van der Waals surface area (Å²) >= 11 is 0. The maximum Gasteiger partial charge on any atom is 0.338 e. The lowest BCUT2D eigenvalue weighted by Crippen LogP contribution is -2.30. The number of hydrogen-bond acceptors (Lipinski definition) is 5. The number of para-hydroxylation sites is 2. The van der Waals surface area contributed by atoms with Crippen molar-refractivity contribution in [3.8, 4) is 0 Å². The Labute approximate surface area is 189 Å². The predicted octanol–water partition coefficient (Wildman–Crippen LogP) is 5.51. The number of nitrogens with one attached hydrogen (secondary N) is 1. The number of aromatic nitrogens is 2. The van der Waals surface area contributed by atoms with Gasteiger partial charge in [0.2, 0.25) is 5.95 Å². The van der Waals surface area contributed by atoms with E-state index in [-0.39, 0.29) is 12.0 Å². The van der Waals surface area contributed by atoms with Crippen LogP contribution in [0.25, 0.3) is 11.0 Å². The molecule has 0 bridgehead atoms. The molecule has 6 nitrogen and oxygen atoms in total. The molecule has 0 fully saturated rings. The van der Waals surface area contributed by atoms with Crippen molar-refractivity contribution in [2.75, 3.05) is 29.9 Å². The summed E-state index contributed by atoms with van der Waals surface area (Å²) in [5.74, 6) is 0.491. The fourth-order valence-electron chi connectivity index (χ4n) is 4.55. The van der Waals surface area contributed by atoms with Crippen LogP contribution < -0.4 is 10.2 Å². The van der Waals surface area contributed by atoms with Crippen molar-refractivity contribution in [3.05, 3.63) is 65.4 Å². The molecule has 2 aromatic carbocycles. The minimum atomic E-state index is -0.301. The zero-order valence-corrected chi connectivity index (χ0v) is 19.4. The molecule has 0 saturated heterocycles. The van der Waals surface area contributed by atoms with Crippen molar-refractivity contribution >= 4 is 28.6 Å². The van der Waals surface area contributed by atoms with E-state index >= 15 is 0 Å². The maximum absolute atomic E-state index is 13.2. The molecule has 2 heterocycles. The Bertz CT molecular complexity index is 1130. The van der Waals surface area contributed by atoms with E-state index in [4.69, 9.17) is 9.72 Å². The first-order valence-corrected chi connectivity index (χ1v) is 11.6. The van der Waals surface area contributed by atoms with Gasteiger partial charge < -0.3 is 15.0 Å². The van der Waals surface area contributed by atoms with E-state index in [1.54, 1.807) is 0 Å². The second-order valence-corrected chi connectivity index (χ2v) is 7.95. The minimum absolute atomic E-state index is 0.273. The summed E-state index contributed by atoms with van der Waals surface area (Å²) in [7, 11) is 0. The number of benzene rings is 2. The number of allylic oxidation sites excluding steroid dienone is 1. The Morgan fingerprint density at radius 3 is 2.44 bits per heavy atom. The molecule has 168 valence electrons. The quantitative estimate of drug-likeness (QED) is 0.475. The number of imidazole rings is 1. The normalized spacial score (nSPS) is 15.4. The topological polar surface area (TPSA) is 59.4 Å². The van der Waals surface area contributed by atoms with Crippen molar-refractivity contribution in [1.82, 2.24) is 9.55 Å². The van der Waals surface area contributed by atoms with Gasteiger partial charge in [-0.3, -0.25) is 4.57 Å². The summed E-state index contributed by atoms with van der Waals surface area (Å²) in [6.07, 6.45) is 1.67. The van der Waals surface area contributed by atoms with E-state index in [2.05, 4.69) is 65.9 Å². The number of esters is 1. The van der Waals surface area contributed by atoms with E-state index < -0.39 is 0 Å². The molecule has 3 aromatic rings. The number of hydrogen-bond donors (Lipinski definition) is 1. The summed E-state index contributed by atoms with van der Waals surface area (Å²) in [5, 5.41) is 3.45. The van der Waals surface area contributed by atoms with E-state index in [0.717, 1.165) is 54.2 Å². The second kappa shape index (κ2) is 9.47. The van der Waals surface area contributed by atoms with Crippen LogP contribution in [0, 0.1) is 0 Å². The number of rotatable bonds is 8. The smallest absolute Gasteiger partial charge is 0.338 e. The minimum Gasteiger partial charge on any atom is -0.463 e. The third-order valence-electron chi connectivity index (χ3n) is 6.05. The van der Waals surface area contributed by atoms with E-state index in [0.29, 0.717) is 12.2 Å². The van der Waals surface area contributed by atoms with Gasteiger partial charge in [-0.25, -0.2) is 9.78 Å². The highest BCUT2D eigenvalue weighted by Crippen LogP contribution is 2.41. The van der Waals surface area contributed by atoms with Crippen molar-refractivity contribution in [3.63, 3.8) is 0 Å². The first-order valence-electron chi connectivity index (χ1n) is 11.6. The largest absolute Gasteiger partial charge is 0.463 e. The zero-order valence-electron chi connectivity index (χ0n) is 19.4. The van der Waals surface area contributed by atoms with Gasteiger partial charge in [-0.1, -0.05) is 37.6 Å². The lowest BCUT2D eigenvalue weighted by molar-refractivity contribution is -0.139. The van der Waals surface area contributed by atoms with Crippen LogP contribution in [-0.2, 0) is 9.53 Å². The lowest BCUT2D eigenvalue weighted by Gasteiger charge is -2.31. The molecular weight excluding hydrogens is 400 g/mol. The van der Waals surface area contributed by atoms with Gasteiger partial charge in [0.25, 0.3) is 0 Å². The van der Waals surface area contributed by atoms with Gasteiger partial charge in [0.15, 0.2) is 0 Å².